The molecule has 3 rings (SSSR count). The third-order valence-corrected chi connectivity index (χ3v) is 6.32. The van der Waals surface area contributed by atoms with E-state index in [0.717, 1.165) is 51.4 Å². The summed E-state index contributed by atoms with van der Waals surface area (Å²) >= 11 is 0. The summed E-state index contributed by atoms with van der Waals surface area (Å²) in [4.78, 5) is 11.9. The first-order chi connectivity index (χ1) is 14.5. The van der Waals surface area contributed by atoms with E-state index in [9.17, 15) is 9.18 Å². The molecule has 2 nitrogen and oxygen atoms in total. The fourth-order valence-electron chi connectivity index (χ4n) is 4.26. The predicted octanol–water partition coefficient (Wildman–Crippen LogP) is 7.22. The Labute approximate surface area is 180 Å². The summed E-state index contributed by atoms with van der Waals surface area (Å²) in [5, 5.41) is 0. The van der Waals surface area contributed by atoms with E-state index >= 15 is 0 Å². The minimum atomic E-state index is -1.45. The average molecular weight is 411 g/mol. The van der Waals surface area contributed by atoms with Crippen LogP contribution in [0.1, 0.15) is 69.4 Å². The van der Waals surface area contributed by atoms with Crippen LogP contribution in [0.5, 0.6) is 0 Å². The molecule has 1 atom stereocenters. The van der Waals surface area contributed by atoms with Crippen molar-refractivity contribution in [3.05, 3.63) is 59.7 Å². The third-order valence-electron chi connectivity index (χ3n) is 6.32. The molecule has 162 valence electrons. The molecular formula is C27H35FO2. The average Bonchev–Trinajstić information content (AvgIpc) is 2.78. The van der Waals surface area contributed by atoms with E-state index in [0.29, 0.717) is 5.92 Å². The van der Waals surface area contributed by atoms with Crippen LogP contribution in [0, 0.1) is 12.8 Å². The zero-order chi connectivity index (χ0) is 21.3. The zero-order valence-electron chi connectivity index (χ0n) is 18.4. The minimum Gasteiger partial charge on any atom is -0.460 e. The van der Waals surface area contributed by atoms with Gasteiger partial charge in [-0.15, -0.1) is 0 Å². The van der Waals surface area contributed by atoms with Gasteiger partial charge in [0.2, 0.25) is 0 Å². The van der Waals surface area contributed by atoms with Gasteiger partial charge in [-0.05, 0) is 74.5 Å². The Bertz CT molecular complexity index is 774. The second-order valence-corrected chi connectivity index (χ2v) is 8.79. The number of carbonyl (C=O) groups is 1. The maximum atomic E-state index is 13.8. The molecule has 3 heteroatoms. The number of ether oxygens (including phenoxy) is 1. The van der Waals surface area contributed by atoms with Crippen molar-refractivity contribution in [2.75, 3.05) is 0 Å². The molecule has 0 unspecified atom stereocenters. The van der Waals surface area contributed by atoms with Gasteiger partial charge in [0.25, 0.3) is 0 Å². The van der Waals surface area contributed by atoms with Crippen LogP contribution in [0.2, 0.25) is 0 Å². The monoisotopic (exact) mass is 410 g/mol. The molecule has 2 aromatic rings. The summed E-state index contributed by atoms with van der Waals surface area (Å²) in [5.74, 6) is 0.0126. The van der Waals surface area contributed by atoms with Crippen LogP contribution in [0.25, 0.3) is 11.1 Å². The van der Waals surface area contributed by atoms with Gasteiger partial charge in [0, 0.05) is 0 Å². The maximum absolute atomic E-state index is 13.8. The number of hydrogen-bond acceptors (Lipinski definition) is 2. The first-order valence-electron chi connectivity index (χ1n) is 11.6. The lowest BCUT2D eigenvalue weighted by atomic mass is 9.83. The lowest BCUT2D eigenvalue weighted by Crippen LogP contribution is -2.29. The van der Waals surface area contributed by atoms with Crippen molar-refractivity contribution >= 4 is 5.97 Å². The van der Waals surface area contributed by atoms with Gasteiger partial charge >= 0.3 is 5.97 Å². The highest BCUT2D eigenvalue weighted by Crippen LogP contribution is 2.30. The number of alkyl halides is 1. The van der Waals surface area contributed by atoms with Crippen LogP contribution in [-0.2, 0) is 16.0 Å². The molecule has 0 heterocycles. The molecule has 1 fully saturated rings. The first-order valence-corrected chi connectivity index (χ1v) is 11.6. The molecule has 0 aromatic heterocycles. The van der Waals surface area contributed by atoms with E-state index in [1.165, 1.54) is 22.3 Å². The topological polar surface area (TPSA) is 26.3 Å². The van der Waals surface area contributed by atoms with E-state index in [1.54, 1.807) is 0 Å². The zero-order valence-corrected chi connectivity index (χ0v) is 18.4. The molecule has 0 aliphatic heterocycles. The van der Waals surface area contributed by atoms with Gasteiger partial charge in [-0.1, -0.05) is 73.9 Å². The molecule has 0 spiro atoms. The molecule has 0 radical (unpaired) electrons. The number of esters is 1. The highest BCUT2D eigenvalue weighted by Gasteiger charge is 2.27. The van der Waals surface area contributed by atoms with Crippen LogP contribution in [0.3, 0.4) is 0 Å². The third kappa shape index (κ3) is 6.68. The van der Waals surface area contributed by atoms with Crippen LogP contribution in [-0.4, -0.2) is 18.2 Å². The predicted molar refractivity (Wildman–Crippen MR) is 121 cm³/mol. The molecule has 0 bridgehead atoms. The lowest BCUT2D eigenvalue weighted by Gasteiger charge is -2.28. The summed E-state index contributed by atoms with van der Waals surface area (Å²) < 4.78 is 19.2. The summed E-state index contributed by atoms with van der Waals surface area (Å²) in [6.45, 7) is 4.10. The van der Waals surface area contributed by atoms with Gasteiger partial charge in [0.15, 0.2) is 6.17 Å². The molecule has 0 amide bonds. The van der Waals surface area contributed by atoms with Crippen molar-refractivity contribution in [2.24, 2.45) is 5.92 Å². The summed E-state index contributed by atoms with van der Waals surface area (Å²) in [6, 6.07) is 17.5. The van der Waals surface area contributed by atoms with Crippen LogP contribution < -0.4 is 0 Å². The standard InChI is InChI=1S/C27H35FO2/c1-3-4-5-26(28)27(29)30-25-18-12-22(13-19-25)9-8-21-10-16-24(17-11-21)23-14-6-20(2)7-15-23/h6-7,10-11,14-17,22,25-26H,3-5,8-9,12-13,18-19H2,1-2H3/t22-,25-,26-/m0/s1. The minimum absolute atomic E-state index is 0.0950. The molecule has 2 aromatic carbocycles. The molecule has 1 aliphatic rings. The summed E-state index contributed by atoms with van der Waals surface area (Å²) in [5.41, 5.74) is 5.16. The van der Waals surface area contributed by atoms with Crippen LogP contribution in [0.4, 0.5) is 4.39 Å². The SMILES string of the molecule is CCCC[C@H](F)C(=O)O[C@H]1CC[C@H](CCc2ccc(-c3ccc(C)cc3)cc2)CC1. The van der Waals surface area contributed by atoms with E-state index in [2.05, 4.69) is 55.5 Å². The maximum Gasteiger partial charge on any atom is 0.340 e. The number of hydrogen-bond donors (Lipinski definition) is 0. The van der Waals surface area contributed by atoms with Gasteiger partial charge < -0.3 is 4.74 Å². The number of aryl methyl sites for hydroxylation is 2. The molecular weight excluding hydrogens is 375 g/mol. The van der Waals surface area contributed by atoms with E-state index < -0.39 is 12.1 Å². The fourth-order valence-corrected chi connectivity index (χ4v) is 4.26. The fraction of sp³-hybridized carbons (Fsp3) is 0.519. The van der Waals surface area contributed by atoms with Crippen molar-refractivity contribution in [3.63, 3.8) is 0 Å². The van der Waals surface area contributed by atoms with Gasteiger partial charge in [-0.2, -0.15) is 0 Å². The smallest absolute Gasteiger partial charge is 0.340 e. The largest absolute Gasteiger partial charge is 0.460 e. The number of rotatable bonds is 9. The van der Waals surface area contributed by atoms with Gasteiger partial charge in [0.05, 0.1) is 0 Å². The Hall–Kier alpha value is -2.16. The number of unbranched alkanes of at least 4 members (excludes halogenated alkanes) is 1. The number of halogens is 1. The second kappa shape index (κ2) is 11.3. The quantitative estimate of drug-likeness (QED) is 0.408. The second-order valence-electron chi connectivity index (χ2n) is 8.79. The van der Waals surface area contributed by atoms with Gasteiger partial charge in [0.1, 0.15) is 6.10 Å². The molecule has 1 aliphatic carbocycles. The Kier molecular flexibility index (Phi) is 8.48. The highest BCUT2D eigenvalue weighted by atomic mass is 19.1. The Balaban J connectivity index is 1.39. The molecule has 0 N–H and O–H groups in total. The molecule has 30 heavy (non-hydrogen) atoms. The van der Waals surface area contributed by atoms with Gasteiger partial charge in [-0.25, -0.2) is 9.18 Å². The summed E-state index contributed by atoms with van der Waals surface area (Å²) in [6.07, 6.45) is 6.45. The van der Waals surface area contributed by atoms with Gasteiger partial charge in [-0.3, -0.25) is 0 Å². The van der Waals surface area contributed by atoms with E-state index in [4.69, 9.17) is 4.74 Å². The number of carbonyl (C=O) groups excluding carboxylic acids is 1. The van der Waals surface area contributed by atoms with Crippen molar-refractivity contribution in [3.8, 4) is 11.1 Å². The summed E-state index contributed by atoms with van der Waals surface area (Å²) in [7, 11) is 0. The lowest BCUT2D eigenvalue weighted by molar-refractivity contribution is -0.157. The van der Waals surface area contributed by atoms with Crippen molar-refractivity contribution in [1.29, 1.82) is 0 Å². The van der Waals surface area contributed by atoms with Crippen molar-refractivity contribution < 1.29 is 13.9 Å². The Morgan fingerprint density at radius 3 is 2.20 bits per heavy atom. The normalized spacial score (nSPS) is 20.0. The number of benzene rings is 2. The Morgan fingerprint density at radius 2 is 1.60 bits per heavy atom. The van der Waals surface area contributed by atoms with Crippen molar-refractivity contribution in [2.45, 2.75) is 83.9 Å². The Morgan fingerprint density at radius 1 is 1.00 bits per heavy atom. The van der Waals surface area contributed by atoms with Crippen molar-refractivity contribution in [1.82, 2.24) is 0 Å². The van der Waals surface area contributed by atoms with E-state index in [1.807, 2.05) is 6.92 Å². The molecule has 0 saturated heterocycles. The molecule has 1 saturated carbocycles. The first kappa shape index (κ1) is 22.5. The van der Waals surface area contributed by atoms with Crippen LogP contribution >= 0.6 is 0 Å². The van der Waals surface area contributed by atoms with Crippen LogP contribution in [0.15, 0.2) is 48.5 Å². The highest BCUT2D eigenvalue weighted by molar-refractivity contribution is 5.74. The van der Waals surface area contributed by atoms with E-state index in [-0.39, 0.29) is 12.5 Å².